The Balaban J connectivity index is 2.31. The molecule has 0 bridgehead atoms. The van der Waals surface area contributed by atoms with Gasteiger partial charge in [0.2, 0.25) is 0 Å². The van der Waals surface area contributed by atoms with Crippen LogP contribution >= 0.6 is 0 Å². The van der Waals surface area contributed by atoms with E-state index in [1.54, 1.807) is 19.2 Å². The summed E-state index contributed by atoms with van der Waals surface area (Å²) in [7, 11) is 1.65. The van der Waals surface area contributed by atoms with Gasteiger partial charge in [-0.05, 0) is 41.8 Å². The largest absolute Gasteiger partial charge is 0.497 e. The minimum Gasteiger partial charge on any atom is -0.497 e. The average Bonchev–Trinajstić information content (AvgIpc) is 2.47. The molecule has 2 rings (SSSR count). The van der Waals surface area contributed by atoms with Crippen molar-refractivity contribution in [2.24, 2.45) is 5.73 Å². The van der Waals surface area contributed by atoms with E-state index in [2.05, 4.69) is 6.92 Å². The number of halogens is 1. The summed E-state index contributed by atoms with van der Waals surface area (Å²) in [6, 6.07) is 14.6. The highest BCUT2D eigenvalue weighted by molar-refractivity contribution is 5.33. The molecule has 2 N–H and O–H groups in total. The lowest BCUT2D eigenvalue weighted by Crippen LogP contribution is -2.34. The minimum atomic E-state index is -0.297. The Bertz CT molecular complexity index is 585. The monoisotopic (exact) mass is 273 g/mol. The van der Waals surface area contributed by atoms with E-state index in [4.69, 9.17) is 10.5 Å². The first-order valence-electron chi connectivity index (χ1n) is 6.66. The molecule has 0 aliphatic carbocycles. The van der Waals surface area contributed by atoms with E-state index in [-0.39, 0.29) is 11.2 Å². The Kier molecular flexibility index (Phi) is 4.40. The Hall–Kier alpha value is -1.87. The average molecular weight is 273 g/mol. The van der Waals surface area contributed by atoms with Crippen molar-refractivity contribution in [2.75, 3.05) is 13.7 Å². The third kappa shape index (κ3) is 3.17. The van der Waals surface area contributed by atoms with Crippen molar-refractivity contribution in [3.63, 3.8) is 0 Å². The fourth-order valence-corrected chi connectivity index (χ4v) is 2.39. The molecule has 0 aliphatic heterocycles. The second kappa shape index (κ2) is 6.06. The van der Waals surface area contributed by atoms with Gasteiger partial charge in [0.05, 0.1) is 7.11 Å². The predicted octanol–water partition coefficient (Wildman–Crippen LogP) is 3.29. The summed E-state index contributed by atoms with van der Waals surface area (Å²) in [6.45, 7) is 2.51. The molecule has 106 valence electrons. The smallest absolute Gasteiger partial charge is 0.123 e. The maximum atomic E-state index is 13.4. The van der Waals surface area contributed by atoms with Crippen LogP contribution in [0.2, 0.25) is 0 Å². The number of benzene rings is 2. The highest BCUT2D eigenvalue weighted by Crippen LogP contribution is 2.28. The van der Waals surface area contributed by atoms with E-state index in [9.17, 15) is 4.39 Å². The van der Waals surface area contributed by atoms with Crippen LogP contribution in [-0.4, -0.2) is 13.7 Å². The molecule has 3 heteroatoms. The van der Waals surface area contributed by atoms with Gasteiger partial charge in [-0.25, -0.2) is 4.39 Å². The molecule has 1 unspecified atom stereocenters. The Labute approximate surface area is 119 Å². The molecular weight excluding hydrogens is 253 g/mol. The van der Waals surface area contributed by atoms with Gasteiger partial charge in [0.15, 0.2) is 0 Å². The van der Waals surface area contributed by atoms with Gasteiger partial charge in [0, 0.05) is 12.0 Å². The summed E-state index contributed by atoms with van der Waals surface area (Å²) in [5.74, 6) is 0.592. The van der Waals surface area contributed by atoms with Crippen molar-refractivity contribution >= 4 is 0 Å². The van der Waals surface area contributed by atoms with Crippen molar-refractivity contribution < 1.29 is 9.13 Å². The Morgan fingerprint density at radius 2 is 1.90 bits per heavy atom. The van der Waals surface area contributed by atoms with Crippen LogP contribution in [0.1, 0.15) is 18.1 Å². The molecule has 0 amide bonds. The van der Waals surface area contributed by atoms with Crippen LogP contribution in [-0.2, 0) is 11.8 Å². The molecule has 0 aliphatic rings. The molecule has 0 radical (unpaired) electrons. The van der Waals surface area contributed by atoms with E-state index in [0.717, 1.165) is 23.3 Å². The van der Waals surface area contributed by atoms with Crippen LogP contribution < -0.4 is 10.5 Å². The number of rotatable bonds is 5. The lowest BCUT2D eigenvalue weighted by Gasteiger charge is -2.29. The standard InChI is InChI=1S/C17H20FNO/c1-17(12-19,14-6-4-7-15(18)10-14)11-13-5-3-8-16(9-13)20-2/h3-10H,11-12,19H2,1-2H3. The van der Waals surface area contributed by atoms with Gasteiger partial charge in [0.1, 0.15) is 11.6 Å². The van der Waals surface area contributed by atoms with E-state index >= 15 is 0 Å². The summed E-state index contributed by atoms with van der Waals surface area (Å²) < 4.78 is 18.7. The van der Waals surface area contributed by atoms with Gasteiger partial charge in [-0.3, -0.25) is 0 Å². The van der Waals surface area contributed by atoms with Crippen molar-refractivity contribution in [1.29, 1.82) is 0 Å². The van der Waals surface area contributed by atoms with Gasteiger partial charge in [-0.2, -0.15) is 0 Å². The lowest BCUT2D eigenvalue weighted by molar-refractivity contribution is 0.412. The molecule has 1 atom stereocenters. The maximum absolute atomic E-state index is 13.4. The molecule has 2 aromatic carbocycles. The molecule has 20 heavy (non-hydrogen) atoms. The first kappa shape index (κ1) is 14.5. The third-order valence-electron chi connectivity index (χ3n) is 3.70. The second-order valence-electron chi connectivity index (χ2n) is 5.30. The van der Waals surface area contributed by atoms with E-state index in [1.807, 2.05) is 30.3 Å². The first-order valence-corrected chi connectivity index (χ1v) is 6.66. The highest BCUT2D eigenvalue weighted by atomic mass is 19.1. The normalized spacial score (nSPS) is 13.8. The number of ether oxygens (including phenoxy) is 1. The topological polar surface area (TPSA) is 35.2 Å². The van der Waals surface area contributed by atoms with Gasteiger partial charge in [-0.1, -0.05) is 31.2 Å². The number of hydrogen-bond donors (Lipinski definition) is 1. The summed E-state index contributed by atoms with van der Waals surface area (Å²) >= 11 is 0. The lowest BCUT2D eigenvalue weighted by atomic mass is 9.77. The number of hydrogen-bond acceptors (Lipinski definition) is 2. The molecular formula is C17H20FNO. The zero-order valence-corrected chi connectivity index (χ0v) is 11.9. The van der Waals surface area contributed by atoms with E-state index < -0.39 is 0 Å². The van der Waals surface area contributed by atoms with Crippen LogP contribution in [0.3, 0.4) is 0 Å². The van der Waals surface area contributed by atoms with Crippen molar-refractivity contribution in [3.8, 4) is 5.75 Å². The Morgan fingerprint density at radius 1 is 1.15 bits per heavy atom. The summed E-state index contributed by atoms with van der Waals surface area (Å²) in [6.07, 6.45) is 0.740. The number of nitrogens with two attached hydrogens (primary N) is 1. The molecule has 2 aromatic rings. The minimum absolute atomic E-state index is 0.229. The molecule has 2 nitrogen and oxygen atoms in total. The molecule has 0 spiro atoms. The highest BCUT2D eigenvalue weighted by Gasteiger charge is 2.26. The maximum Gasteiger partial charge on any atom is 0.123 e. The van der Waals surface area contributed by atoms with Crippen LogP contribution in [0, 0.1) is 5.82 Å². The fraction of sp³-hybridized carbons (Fsp3) is 0.294. The molecule has 0 fully saturated rings. The van der Waals surface area contributed by atoms with Crippen LogP contribution in [0.4, 0.5) is 4.39 Å². The zero-order chi connectivity index (χ0) is 14.6. The van der Waals surface area contributed by atoms with Crippen molar-refractivity contribution in [3.05, 3.63) is 65.5 Å². The molecule has 0 saturated carbocycles. The molecule has 0 saturated heterocycles. The van der Waals surface area contributed by atoms with Gasteiger partial charge >= 0.3 is 0 Å². The molecule has 0 heterocycles. The van der Waals surface area contributed by atoms with Gasteiger partial charge in [0.25, 0.3) is 0 Å². The first-order chi connectivity index (χ1) is 9.57. The third-order valence-corrected chi connectivity index (χ3v) is 3.70. The van der Waals surface area contributed by atoms with Crippen LogP contribution in [0.5, 0.6) is 5.75 Å². The van der Waals surface area contributed by atoms with Gasteiger partial charge < -0.3 is 10.5 Å². The SMILES string of the molecule is COc1cccc(CC(C)(CN)c2cccc(F)c2)c1. The van der Waals surface area contributed by atoms with E-state index in [0.29, 0.717) is 6.54 Å². The molecule has 0 aromatic heterocycles. The van der Waals surface area contributed by atoms with Crippen LogP contribution in [0.25, 0.3) is 0 Å². The zero-order valence-electron chi connectivity index (χ0n) is 11.9. The second-order valence-corrected chi connectivity index (χ2v) is 5.30. The summed E-state index contributed by atoms with van der Waals surface area (Å²) in [4.78, 5) is 0. The summed E-state index contributed by atoms with van der Waals surface area (Å²) in [5, 5.41) is 0. The van der Waals surface area contributed by atoms with Crippen molar-refractivity contribution in [2.45, 2.75) is 18.8 Å². The van der Waals surface area contributed by atoms with Crippen molar-refractivity contribution in [1.82, 2.24) is 0 Å². The predicted molar refractivity (Wildman–Crippen MR) is 79.5 cm³/mol. The summed E-state index contributed by atoms with van der Waals surface area (Å²) in [5.41, 5.74) is 7.70. The fourth-order valence-electron chi connectivity index (χ4n) is 2.39. The Morgan fingerprint density at radius 3 is 2.55 bits per heavy atom. The number of methoxy groups -OCH3 is 1. The quantitative estimate of drug-likeness (QED) is 0.907. The van der Waals surface area contributed by atoms with E-state index in [1.165, 1.54) is 6.07 Å². The van der Waals surface area contributed by atoms with Gasteiger partial charge in [-0.15, -0.1) is 0 Å². The van der Waals surface area contributed by atoms with Crippen LogP contribution in [0.15, 0.2) is 48.5 Å².